The van der Waals surface area contributed by atoms with Crippen molar-refractivity contribution in [3.8, 4) is 0 Å². The second-order valence-electron chi connectivity index (χ2n) is 3.86. The summed E-state index contributed by atoms with van der Waals surface area (Å²) in [6.07, 6.45) is 2.02. The molecule has 1 aliphatic rings. The third kappa shape index (κ3) is 3.21. The van der Waals surface area contributed by atoms with E-state index in [1.807, 2.05) is 0 Å². The largest absolute Gasteiger partial charge is 0.373 e. The molecule has 2 nitrogen and oxygen atoms in total. The van der Waals surface area contributed by atoms with Gasteiger partial charge in [0.05, 0.1) is 12.2 Å². The minimum Gasteiger partial charge on any atom is -0.373 e. The van der Waals surface area contributed by atoms with Crippen molar-refractivity contribution in [2.45, 2.75) is 39.4 Å². The van der Waals surface area contributed by atoms with Gasteiger partial charge < -0.3 is 10.1 Å². The van der Waals surface area contributed by atoms with Gasteiger partial charge in [0.25, 0.3) is 0 Å². The Balaban J connectivity index is 2.23. The summed E-state index contributed by atoms with van der Waals surface area (Å²) in [6.45, 7) is 8.64. The molecule has 2 atom stereocenters. The van der Waals surface area contributed by atoms with Crippen molar-refractivity contribution < 1.29 is 4.74 Å². The van der Waals surface area contributed by atoms with Crippen LogP contribution in [0.25, 0.3) is 0 Å². The minimum absolute atomic E-state index is 0.396. The van der Waals surface area contributed by atoms with Crippen LogP contribution in [0.4, 0.5) is 0 Å². The van der Waals surface area contributed by atoms with Crippen LogP contribution in [0.15, 0.2) is 0 Å². The molecule has 66 valence electrons. The normalized spacial score (nSPS) is 32.7. The summed E-state index contributed by atoms with van der Waals surface area (Å²) >= 11 is 0. The van der Waals surface area contributed by atoms with Crippen LogP contribution in [-0.2, 0) is 4.74 Å². The zero-order chi connectivity index (χ0) is 8.27. The lowest BCUT2D eigenvalue weighted by atomic mass is 10.0. The first-order valence-electron chi connectivity index (χ1n) is 4.54. The van der Waals surface area contributed by atoms with Crippen molar-refractivity contribution in [1.82, 2.24) is 5.32 Å². The highest BCUT2D eigenvalue weighted by Crippen LogP contribution is 2.12. The molecule has 2 heteroatoms. The number of morpholine rings is 1. The summed E-state index contributed by atoms with van der Waals surface area (Å²) in [5.41, 5.74) is 0. The zero-order valence-corrected chi connectivity index (χ0v) is 7.76. The lowest BCUT2D eigenvalue weighted by Crippen LogP contribution is -2.43. The van der Waals surface area contributed by atoms with Gasteiger partial charge in [0.1, 0.15) is 0 Å². The predicted molar refractivity (Wildman–Crippen MR) is 46.7 cm³/mol. The molecule has 0 amide bonds. The van der Waals surface area contributed by atoms with Crippen LogP contribution in [-0.4, -0.2) is 25.3 Å². The van der Waals surface area contributed by atoms with Crippen LogP contribution in [0.2, 0.25) is 0 Å². The molecule has 1 N–H and O–H groups in total. The highest BCUT2D eigenvalue weighted by atomic mass is 16.5. The Kier molecular flexibility index (Phi) is 3.34. The highest BCUT2D eigenvalue weighted by Gasteiger charge is 2.18. The minimum atomic E-state index is 0.396. The predicted octanol–water partition coefficient (Wildman–Crippen LogP) is 1.41. The molecule has 11 heavy (non-hydrogen) atoms. The highest BCUT2D eigenvalue weighted by molar-refractivity contribution is 4.72. The van der Waals surface area contributed by atoms with Crippen LogP contribution in [0, 0.1) is 5.92 Å². The van der Waals surface area contributed by atoms with Crippen LogP contribution in [0.1, 0.15) is 27.2 Å². The third-order valence-corrected chi connectivity index (χ3v) is 1.96. The van der Waals surface area contributed by atoms with E-state index in [1.165, 1.54) is 6.42 Å². The first-order valence-corrected chi connectivity index (χ1v) is 4.54. The summed E-state index contributed by atoms with van der Waals surface area (Å²) in [4.78, 5) is 0. The van der Waals surface area contributed by atoms with Gasteiger partial charge in [0, 0.05) is 13.1 Å². The fourth-order valence-electron chi connectivity index (χ4n) is 1.54. The molecule has 1 aliphatic heterocycles. The topological polar surface area (TPSA) is 21.3 Å². The molecule has 0 saturated carbocycles. The molecule has 0 aromatic heterocycles. The van der Waals surface area contributed by atoms with Gasteiger partial charge in [0.15, 0.2) is 0 Å². The van der Waals surface area contributed by atoms with E-state index in [9.17, 15) is 0 Å². The van der Waals surface area contributed by atoms with E-state index in [4.69, 9.17) is 4.74 Å². The summed E-state index contributed by atoms with van der Waals surface area (Å²) in [6, 6.07) is 0. The van der Waals surface area contributed by atoms with Gasteiger partial charge in [-0.3, -0.25) is 0 Å². The molecule has 1 heterocycles. The molecule has 0 aliphatic carbocycles. The summed E-state index contributed by atoms with van der Waals surface area (Å²) in [7, 11) is 0. The Morgan fingerprint density at radius 2 is 2.18 bits per heavy atom. The Bertz CT molecular complexity index is 112. The van der Waals surface area contributed by atoms with Crippen molar-refractivity contribution in [2.24, 2.45) is 5.92 Å². The quantitative estimate of drug-likeness (QED) is 0.654. The molecular weight excluding hydrogens is 138 g/mol. The van der Waals surface area contributed by atoms with Crippen molar-refractivity contribution in [3.05, 3.63) is 0 Å². The zero-order valence-electron chi connectivity index (χ0n) is 7.76. The number of nitrogens with one attached hydrogen (secondary N) is 1. The molecule has 0 bridgehead atoms. The number of ether oxygens (including phenoxy) is 1. The molecule has 1 saturated heterocycles. The SMILES string of the molecule is CC(C)C[C@H]1CNC[C@@H](C)O1. The maximum absolute atomic E-state index is 5.73. The lowest BCUT2D eigenvalue weighted by Gasteiger charge is -2.29. The van der Waals surface area contributed by atoms with Gasteiger partial charge in [0.2, 0.25) is 0 Å². The smallest absolute Gasteiger partial charge is 0.0706 e. The molecule has 0 unspecified atom stereocenters. The molecule has 1 rings (SSSR count). The first-order chi connectivity index (χ1) is 5.18. The van der Waals surface area contributed by atoms with E-state index in [2.05, 4.69) is 26.1 Å². The van der Waals surface area contributed by atoms with Gasteiger partial charge in [-0.2, -0.15) is 0 Å². The lowest BCUT2D eigenvalue weighted by molar-refractivity contribution is -0.0361. The monoisotopic (exact) mass is 157 g/mol. The van der Waals surface area contributed by atoms with Crippen LogP contribution in [0.3, 0.4) is 0 Å². The van der Waals surface area contributed by atoms with E-state index >= 15 is 0 Å². The number of hydrogen-bond donors (Lipinski definition) is 1. The Morgan fingerprint density at radius 1 is 1.45 bits per heavy atom. The van der Waals surface area contributed by atoms with Crippen molar-refractivity contribution >= 4 is 0 Å². The molecular formula is C9H19NO. The Hall–Kier alpha value is -0.0800. The molecule has 0 spiro atoms. The van der Waals surface area contributed by atoms with Gasteiger partial charge in [-0.15, -0.1) is 0 Å². The molecule has 0 aromatic carbocycles. The van der Waals surface area contributed by atoms with Crippen LogP contribution < -0.4 is 5.32 Å². The van der Waals surface area contributed by atoms with Crippen LogP contribution >= 0.6 is 0 Å². The summed E-state index contributed by atoms with van der Waals surface area (Å²) in [5, 5.41) is 3.36. The fraction of sp³-hybridized carbons (Fsp3) is 1.00. The second kappa shape index (κ2) is 4.07. The number of rotatable bonds is 2. The standard InChI is InChI=1S/C9H19NO/c1-7(2)4-9-6-10-5-8(3)11-9/h7-10H,4-6H2,1-3H3/t8-,9+/m1/s1. The van der Waals surface area contributed by atoms with Crippen molar-refractivity contribution in [1.29, 1.82) is 0 Å². The van der Waals surface area contributed by atoms with Gasteiger partial charge in [-0.05, 0) is 19.3 Å². The average Bonchev–Trinajstić information content (AvgIpc) is 1.85. The Morgan fingerprint density at radius 3 is 2.73 bits per heavy atom. The van der Waals surface area contributed by atoms with E-state index < -0.39 is 0 Å². The van der Waals surface area contributed by atoms with Crippen molar-refractivity contribution in [2.75, 3.05) is 13.1 Å². The van der Waals surface area contributed by atoms with Crippen molar-refractivity contribution in [3.63, 3.8) is 0 Å². The fourth-order valence-corrected chi connectivity index (χ4v) is 1.54. The average molecular weight is 157 g/mol. The first kappa shape index (κ1) is 9.01. The van der Waals surface area contributed by atoms with E-state index in [0.29, 0.717) is 12.2 Å². The molecule has 0 aromatic rings. The van der Waals surface area contributed by atoms with E-state index in [1.54, 1.807) is 0 Å². The van der Waals surface area contributed by atoms with Gasteiger partial charge in [-0.25, -0.2) is 0 Å². The van der Waals surface area contributed by atoms with Gasteiger partial charge >= 0.3 is 0 Å². The Labute approximate surface area is 69.3 Å². The second-order valence-corrected chi connectivity index (χ2v) is 3.86. The van der Waals surface area contributed by atoms with E-state index in [0.717, 1.165) is 19.0 Å². The molecule has 1 fully saturated rings. The van der Waals surface area contributed by atoms with E-state index in [-0.39, 0.29) is 0 Å². The maximum atomic E-state index is 5.73. The van der Waals surface area contributed by atoms with Gasteiger partial charge in [-0.1, -0.05) is 13.8 Å². The third-order valence-electron chi connectivity index (χ3n) is 1.96. The van der Waals surface area contributed by atoms with Crippen LogP contribution in [0.5, 0.6) is 0 Å². The summed E-state index contributed by atoms with van der Waals surface area (Å²) < 4.78 is 5.73. The number of hydrogen-bond acceptors (Lipinski definition) is 2. The maximum Gasteiger partial charge on any atom is 0.0706 e. The molecule has 0 radical (unpaired) electrons. The summed E-state index contributed by atoms with van der Waals surface area (Å²) in [5.74, 6) is 0.743.